The van der Waals surface area contributed by atoms with Crippen LogP contribution in [0.15, 0.2) is 43.1 Å². The van der Waals surface area contributed by atoms with Crippen molar-refractivity contribution in [3.63, 3.8) is 0 Å². The summed E-state index contributed by atoms with van der Waals surface area (Å²) < 4.78 is 42.7. The molecule has 29 heavy (non-hydrogen) atoms. The summed E-state index contributed by atoms with van der Waals surface area (Å²) in [4.78, 5) is 26.2. The minimum Gasteiger partial charge on any atom is -0.274 e. The average Bonchev–Trinajstić information content (AvgIpc) is 3.27. The summed E-state index contributed by atoms with van der Waals surface area (Å²) in [6, 6.07) is 4.79. The van der Waals surface area contributed by atoms with Crippen LogP contribution in [-0.4, -0.2) is 30.5 Å². The number of amides is 1. The average molecular weight is 396 g/mol. The largest absolute Gasteiger partial charge is 0.274 e. The number of aromatic nitrogens is 5. The Morgan fingerprint density at radius 1 is 1.00 bits per heavy atom. The SMILES string of the molecule is O=C1Cc2cncnc2N1c1ncn2nc(Cc3c(F)ccc(F)c3F)ccc12. The molecule has 4 aromatic rings. The zero-order valence-electron chi connectivity index (χ0n) is 14.7. The van der Waals surface area contributed by atoms with Gasteiger partial charge in [-0.2, -0.15) is 5.10 Å². The van der Waals surface area contributed by atoms with E-state index in [9.17, 15) is 18.0 Å². The summed E-state index contributed by atoms with van der Waals surface area (Å²) in [7, 11) is 0. The zero-order chi connectivity index (χ0) is 20.1. The molecule has 0 saturated heterocycles. The third-order valence-corrected chi connectivity index (χ3v) is 4.71. The van der Waals surface area contributed by atoms with E-state index in [4.69, 9.17) is 0 Å². The Labute approximate surface area is 161 Å². The highest BCUT2D eigenvalue weighted by Gasteiger charge is 2.32. The maximum Gasteiger partial charge on any atom is 0.238 e. The number of imidazole rings is 1. The molecule has 0 N–H and O–H groups in total. The number of halogens is 3. The van der Waals surface area contributed by atoms with Crippen LogP contribution in [0.2, 0.25) is 0 Å². The minimum atomic E-state index is -1.24. The first-order valence-corrected chi connectivity index (χ1v) is 8.60. The van der Waals surface area contributed by atoms with Crippen LogP contribution in [0.3, 0.4) is 0 Å². The maximum atomic E-state index is 13.9. The van der Waals surface area contributed by atoms with Gasteiger partial charge in [0.15, 0.2) is 17.5 Å². The lowest BCUT2D eigenvalue weighted by Gasteiger charge is -2.13. The van der Waals surface area contributed by atoms with Crippen molar-refractivity contribution in [3.05, 3.63) is 77.4 Å². The topological polar surface area (TPSA) is 76.3 Å². The van der Waals surface area contributed by atoms with E-state index >= 15 is 0 Å². The molecule has 3 aromatic heterocycles. The lowest BCUT2D eigenvalue weighted by Crippen LogP contribution is -2.22. The summed E-state index contributed by atoms with van der Waals surface area (Å²) in [5.41, 5.74) is 1.10. The van der Waals surface area contributed by atoms with E-state index in [2.05, 4.69) is 20.1 Å². The van der Waals surface area contributed by atoms with Crippen molar-refractivity contribution in [1.82, 2.24) is 24.6 Å². The smallest absolute Gasteiger partial charge is 0.238 e. The quantitative estimate of drug-likeness (QED) is 0.498. The van der Waals surface area contributed by atoms with Crippen molar-refractivity contribution in [2.75, 3.05) is 4.90 Å². The first kappa shape index (κ1) is 17.3. The van der Waals surface area contributed by atoms with Crippen molar-refractivity contribution in [2.24, 2.45) is 0 Å². The summed E-state index contributed by atoms with van der Waals surface area (Å²) in [6.45, 7) is 0. The Kier molecular flexibility index (Phi) is 3.79. The summed E-state index contributed by atoms with van der Waals surface area (Å²) >= 11 is 0. The van der Waals surface area contributed by atoms with Gasteiger partial charge in [-0.15, -0.1) is 0 Å². The van der Waals surface area contributed by atoms with Crippen LogP contribution >= 0.6 is 0 Å². The molecule has 0 atom stereocenters. The van der Waals surface area contributed by atoms with E-state index in [1.165, 1.54) is 22.1 Å². The van der Waals surface area contributed by atoms with Gasteiger partial charge in [-0.1, -0.05) is 0 Å². The number of nitrogens with zero attached hydrogens (tertiary/aromatic N) is 6. The molecular formula is C19H11F3N6O. The van der Waals surface area contributed by atoms with Crippen molar-refractivity contribution in [1.29, 1.82) is 0 Å². The van der Waals surface area contributed by atoms with E-state index < -0.39 is 23.0 Å². The second kappa shape index (κ2) is 6.36. The van der Waals surface area contributed by atoms with Crippen LogP contribution in [0.4, 0.5) is 24.8 Å². The monoisotopic (exact) mass is 396 g/mol. The van der Waals surface area contributed by atoms with Crippen LogP contribution in [0.1, 0.15) is 16.8 Å². The van der Waals surface area contributed by atoms with Crippen LogP contribution in [-0.2, 0) is 17.6 Å². The lowest BCUT2D eigenvalue weighted by molar-refractivity contribution is -0.116. The van der Waals surface area contributed by atoms with Gasteiger partial charge in [0, 0.05) is 23.7 Å². The molecular weight excluding hydrogens is 385 g/mol. The molecule has 0 saturated carbocycles. The first-order chi connectivity index (χ1) is 14.0. The Balaban J connectivity index is 1.54. The van der Waals surface area contributed by atoms with Gasteiger partial charge in [0.2, 0.25) is 5.91 Å². The number of hydrogen-bond donors (Lipinski definition) is 0. The zero-order valence-corrected chi connectivity index (χ0v) is 14.7. The lowest BCUT2D eigenvalue weighted by atomic mass is 10.1. The number of fused-ring (bicyclic) bond motifs is 2. The third kappa shape index (κ3) is 2.72. The number of carbonyl (C=O) groups is 1. The molecule has 1 aromatic carbocycles. The molecule has 0 radical (unpaired) electrons. The number of rotatable bonds is 3. The van der Waals surface area contributed by atoms with Crippen LogP contribution in [0.5, 0.6) is 0 Å². The van der Waals surface area contributed by atoms with Gasteiger partial charge in [0.05, 0.1) is 12.1 Å². The Morgan fingerprint density at radius 2 is 1.83 bits per heavy atom. The minimum absolute atomic E-state index is 0.166. The fourth-order valence-electron chi connectivity index (χ4n) is 3.35. The number of hydrogen-bond acceptors (Lipinski definition) is 5. The fraction of sp³-hybridized carbons (Fsp3) is 0.105. The molecule has 1 aliphatic rings. The highest BCUT2D eigenvalue weighted by atomic mass is 19.2. The van der Waals surface area contributed by atoms with Crippen LogP contribution < -0.4 is 4.90 Å². The Hall–Kier alpha value is -3.82. The maximum absolute atomic E-state index is 13.9. The van der Waals surface area contributed by atoms with E-state index in [-0.39, 0.29) is 18.7 Å². The number of anilines is 2. The fourth-order valence-corrected chi connectivity index (χ4v) is 3.35. The van der Waals surface area contributed by atoms with E-state index in [0.717, 1.165) is 12.1 Å². The highest BCUT2D eigenvalue weighted by Crippen LogP contribution is 2.34. The standard InChI is InChI=1S/C19H11F3N6O/c20-13-2-3-14(21)17(22)12(13)6-11-1-4-15-19(25-9-27(15)26-11)28-16(29)5-10-7-23-8-24-18(10)28/h1-4,7-9H,5-6H2. The molecule has 7 nitrogen and oxygen atoms in total. The predicted molar refractivity (Wildman–Crippen MR) is 95.0 cm³/mol. The molecule has 10 heteroatoms. The van der Waals surface area contributed by atoms with Gasteiger partial charge in [-0.05, 0) is 24.3 Å². The molecule has 0 aliphatic carbocycles. The van der Waals surface area contributed by atoms with Crippen molar-refractivity contribution in [3.8, 4) is 0 Å². The van der Waals surface area contributed by atoms with Crippen molar-refractivity contribution < 1.29 is 18.0 Å². The van der Waals surface area contributed by atoms with Gasteiger partial charge >= 0.3 is 0 Å². The number of carbonyl (C=O) groups excluding carboxylic acids is 1. The van der Waals surface area contributed by atoms with Gasteiger partial charge in [0.1, 0.15) is 29.8 Å². The second-order valence-corrected chi connectivity index (χ2v) is 6.50. The van der Waals surface area contributed by atoms with Gasteiger partial charge in [-0.25, -0.2) is 37.5 Å². The Morgan fingerprint density at radius 3 is 2.69 bits per heavy atom. The van der Waals surface area contributed by atoms with Crippen LogP contribution in [0.25, 0.3) is 5.52 Å². The van der Waals surface area contributed by atoms with E-state index in [0.29, 0.717) is 28.4 Å². The molecule has 0 spiro atoms. The van der Waals surface area contributed by atoms with Crippen molar-refractivity contribution >= 4 is 23.1 Å². The number of benzene rings is 1. The predicted octanol–water partition coefficient (Wildman–Crippen LogP) is 2.75. The molecule has 0 fully saturated rings. The van der Waals surface area contributed by atoms with Gasteiger partial charge in [0.25, 0.3) is 0 Å². The molecule has 4 heterocycles. The second-order valence-electron chi connectivity index (χ2n) is 6.50. The van der Waals surface area contributed by atoms with Gasteiger partial charge in [-0.3, -0.25) is 4.79 Å². The Bertz CT molecular complexity index is 1290. The molecule has 0 unspecified atom stereocenters. The molecule has 5 rings (SSSR count). The summed E-state index contributed by atoms with van der Waals surface area (Å²) in [5.74, 6) is -2.61. The third-order valence-electron chi connectivity index (χ3n) is 4.71. The molecule has 1 aliphatic heterocycles. The van der Waals surface area contributed by atoms with Crippen molar-refractivity contribution in [2.45, 2.75) is 12.8 Å². The molecule has 1 amide bonds. The van der Waals surface area contributed by atoms with Gasteiger partial charge < -0.3 is 0 Å². The van der Waals surface area contributed by atoms with Crippen LogP contribution in [0, 0.1) is 17.5 Å². The highest BCUT2D eigenvalue weighted by molar-refractivity contribution is 6.07. The first-order valence-electron chi connectivity index (χ1n) is 8.60. The van der Waals surface area contributed by atoms with E-state index in [1.54, 1.807) is 18.3 Å². The summed E-state index contributed by atoms with van der Waals surface area (Å²) in [5, 5.41) is 4.28. The van der Waals surface area contributed by atoms with E-state index in [1.807, 2.05) is 0 Å². The molecule has 144 valence electrons. The molecule has 0 bridgehead atoms. The summed E-state index contributed by atoms with van der Waals surface area (Å²) in [6.07, 6.45) is 4.24. The normalized spacial score (nSPS) is 13.3.